The molecule has 0 amide bonds. The molecule has 1 aliphatic heterocycles. The first-order valence-corrected chi connectivity index (χ1v) is 9.32. The van der Waals surface area contributed by atoms with Crippen LogP contribution in [0.3, 0.4) is 0 Å². The van der Waals surface area contributed by atoms with Gasteiger partial charge in [-0.3, -0.25) is 0 Å². The van der Waals surface area contributed by atoms with Crippen LogP contribution < -0.4 is 4.90 Å². The van der Waals surface area contributed by atoms with Gasteiger partial charge in [0.2, 0.25) is 0 Å². The Morgan fingerprint density at radius 3 is 2.44 bits per heavy atom. The van der Waals surface area contributed by atoms with Gasteiger partial charge in [-0.15, -0.1) is 0 Å². The molecule has 1 aromatic heterocycles. The van der Waals surface area contributed by atoms with Gasteiger partial charge in [0.05, 0.1) is 13.3 Å². The Morgan fingerprint density at radius 2 is 1.84 bits per heavy atom. The summed E-state index contributed by atoms with van der Waals surface area (Å²) in [6.07, 6.45) is 6.15. The summed E-state index contributed by atoms with van der Waals surface area (Å²) in [6, 6.07) is 8.78. The van der Waals surface area contributed by atoms with Crippen molar-refractivity contribution in [3.8, 4) is 0 Å². The predicted octanol–water partition coefficient (Wildman–Crippen LogP) is 3.41. The van der Waals surface area contributed by atoms with Crippen LogP contribution in [0.15, 0.2) is 35.1 Å². The van der Waals surface area contributed by atoms with Crippen molar-refractivity contribution in [3.63, 3.8) is 0 Å². The van der Waals surface area contributed by atoms with Crippen LogP contribution in [-0.2, 0) is 17.6 Å². The van der Waals surface area contributed by atoms with Gasteiger partial charge in [-0.25, -0.2) is 14.8 Å². The molecule has 6 heteroatoms. The highest BCUT2D eigenvalue weighted by molar-refractivity contribution is 9.10. The van der Waals surface area contributed by atoms with Crippen molar-refractivity contribution in [2.45, 2.75) is 25.7 Å². The Labute approximate surface area is 155 Å². The molecule has 0 radical (unpaired) electrons. The minimum Gasteiger partial charge on any atom is -0.464 e. The van der Waals surface area contributed by atoms with Crippen molar-refractivity contribution in [3.05, 3.63) is 51.9 Å². The molecule has 5 nitrogen and oxygen atoms in total. The summed E-state index contributed by atoms with van der Waals surface area (Å²) in [6.45, 7) is 1.77. The van der Waals surface area contributed by atoms with Gasteiger partial charge in [0.25, 0.3) is 0 Å². The van der Waals surface area contributed by atoms with Crippen molar-refractivity contribution in [1.29, 1.82) is 0 Å². The fourth-order valence-corrected chi connectivity index (χ4v) is 4.43. The van der Waals surface area contributed by atoms with Crippen LogP contribution in [0.25, 0.3) is 0 Å². The van der Waals surface area contributed by atoms with E-state index in [1.807, 2.05) is 0 Å². The summed E-state index contributed by atoms with van der Waals surface area (Å²) in [7, 11) is 1.37. The molecule has 0 atom stereocenters. The quantitative estimate of drug-likeness (QED) is 0.721. The molecule has 1 saturated heterocycles. The summed E-state index contributed by atoms with van der Waals surface area (Å²) in [5.74, 6) is 0.178. The fourth-order valence-electron chi connectivity index (χ4n) is 4.15. The van der Waals surface area contributed by atoms with Crippen molar-refractivity contribution in [1.82, 2.24) is 9.97 Å². The maximum atomic E-state index is 12.1. The number of aromatic nitrogens is 2. The maximum absolute atomic E-state index is 12.1. The van der Waals surface area contributed by atoms with E-state index in [0.717, 1.165) is 38.8 Å². The lowest BCUT2D eigenvalue weighted by molar-refractivity contribution is 0.0594. The zero-order valence-corrected chi connectivity index (χ0v) is 15.8. The van der Waals surface area contributed by atoms with Gasteiger partial charge in [0.1, 0.15) is 4.60 Å². The van der Waals surface area contributed by atoms with Gasteiger partial charge in [0, 0.05) is 13.1 Å². The van der Waals surface area contributed by atoms with Crippen molar-refractivity contribution >= 4 is 27.7 Å². The lowest BCUT2D eigenvalue weighted by atomic mass is 9.76. The fraction of sp³-hybridized carbons (Fsp3) is 0.421. The minimum absolute atomic E-state index is 0.280. The number of benzene rings is 1. The number of anilines is 1. The molecule has 130 valence electrons. The third-order valence-corrected chi connectivity index (χ3v) is 5.86. The first-order chi connectivity index (χ1) is 12.1. The molecule has 0 bridgehead atoms. The van der Waals surface area contributed by atoms with Gasteiger partial charge in [-0.1, -0.05) is 24.3 Å². The topological polar surface area (TPSA) is 55.3 Å². The summed E-state index contributed by atoms with van der Waals surface area (Å²) < 4.78 is 5.41. The number of carbonyl (C=O) groups excluding carboxylic acids is 1. The second-order valence-electron chi connectivity index (χ2n) is 6.97. The number of methoxy groups -OCH3 is 1. The number of carbonyl (C=O) groups is 1. The molecule has 2 aliphatic rings. The van der Waals surface area contributed by atoms with Crippen molar-refractivity contribution < 1.29 is 9.53 Å². The van der Waals surface area contributed by atoms with Crippen LogP contribution >= 0.6 is 15.9 Å². The monoisotopic (exact) mass is 401 g/mol. The van der Waals surface area contributed by atoms with E-state index in [2.05, 4.69) is 55.1 Å². The van der Waals surface area contributed by atoms with E-state index in [1.165, 1.54) is 18.2 Å². The van der Waals surface area contributed by atoms with Crippen molar-refractivity contribution in [2.24, 2.45) is 5.41 Å². The third kappa shape index (κ3) is 3.03. The van der Waals surface area contributed by atoms with E-state index < -0.39 is 5.97 Å². The first kappa shape index (κ1) is 16.5. The minimum atomic E-state index is -0.447. The van der Waals surface area contributed by atoms with Gasteiger partial charge < -0.3 is 9.64 Å². The molecule has 1 aliphatic carbocycles. The molecule has 0 N–H and O–H groups in total. The zero-order chi connectivity index (χ0) is 17.4. The molecule has 4 rings (SSSR count). The van der Waals surface area contributed by atoms with Crippen LogP contribution in [-0.4, -0.2) is 36.1 Å². The van der Waals surface area contributed by atoms with Gasteiger partial charge in [0.15, 0.2) is 11.5 Å². The summed E-state index contributed by atoms with van der Waals surface area (Å²) >= 11 is 3.28. The van der Waals surface area contributed by atoms with E-state index in [0.29, 0.717) is 15.8 Å². The number of ether oxygens (including phenoxy) is 1. The summed E-state index contributed by atoms with van der Waals surface area (Å²) in [5, 5.41) is 0. The smallest absolute Gasteiger partial charge is 0.360 e. The standard InChI is InChI=1S/C19H20BrN3O2/c1-25-18(24)16-17(21-12-15(20)22-16)23-8-6-19(7-9-23)10-13-4-2-3-5-14(13)11-19/h2-5,12H,6-11H2,1H3. The molecule has 0 unspecified atom stereocenters. The van der Waals surface area contributed by atoms with E-state index in [9.17, 15) is 4.79 Å². The number of esters is 1. The van der Waals surface area contributed by atoms with Crippen LogP contribution in [0.5, 0.6) is 0 Å². The Morgan fingerprint density at radius 1 is 1.20 bits per heavy atom. The molecular formula is C19H20BrN3O2. The van der Waals surface area contributed by atoms with E-state index in [-0.39, 0.29) is 5.69 Å². The lowest BCUT2D eigenvalue weighted by Gasteiger charge is -2.40. The number of rotatable bonds is 2. The zero-order valence-electron chi connectivity index (χ0n) is 14.2. The van der Waals surface area contributed by atoms with E-state index >= 15 is 0 Å². The van der Waals surface area contributed by atoms with Gasteiger partial charge in [-0.2, -0.15) is 0 Å². The average Bonchev–Trinajstić information content (AvgIpc) is 2.99. The number of hydrogen-bond acceptors (Lipinski definition) is 5. The number of hydrogen-bond donors (Lipinski definition) is 0. The molecule has 2 heterocycles. The highest BCUT2D eigenvalue weighted by Gasteiger charge is 2.40. The van der Waals surface area contributed by atoms with Crippen LogP contribution in [0.1, 0.15) is 34.5 Å². The Kier molecular flexibility index (Phi) is 4.23. The second kappa shape index (κ2) is 6.41. The highest BCUT2D eigenvalue weighted by atomic mass is 79.9. The number of piperidine rings is 1. The number of halogens is 1. The molecule has 1 fully saturated rings. The Bertz CT molecular complexity index is 789. The maximum Gasteiger partial charge on any atom is 0.360 e. The molecule has 1 spiro atoms. The normalized spacial score (nSPS) is 18.2. The molecule has 1 aromatic carbocycles. The molecule has 2 aromatic rings. The average molecular weight is 402 g/mol. The number of nitrogens with zero attached hydrogens (tertiary/aromatic N) is 3. The summed E-state index contributed by atoms with van der Waals surface area (Å²) in [5.41, 5.74) is 3.63. The van der Waals surface area contributed by atoms with Crippen molar-refractivity contribution in [2.75, 3.05) is 25.1 Å². The van der Waals surface area contributed by atoms with Gasteiger partial charge >= 0.3 is 5.97 Å². The van der Waals surface area contributed by atoms with Crippen LogP contribution in [0.4, 0.5) is 5.82 Å². The van der Waals surface area contributed by atoms with Crippen LogP contribution in [0, 0.1) is 5.41 Å². The Hall–Kier alpha value is -1.95. The molecular weight excluding hydrogens is 382 g/mol. The largest absolute Gasteiger partial charge is 0.464 e. The third-order valence-electron chi connectivity index (χ3n) is 5.48. The molecule has 0 saturated carbocycles. The summed E-state index contributed by atoms with van der Waals surface area (Å²) in [4.78, 5) is 22.9. The second-order valence-corrected chi connectivity index (χ2v) is 7.78. The van der Waals surface area contributed by atoms with Gasteiger partial charge in [-0.05, 0) is 58.2 Å². The van der Waals surface area contributed by atoms with Crippen LogP contribution in [0.2, 0.25) is 0 Å². The SMILES string of the molecule is COC(=O)c1nc(Br)cnc1N1CCC2(CC1)Cc1ccccc1C2. The highest BCUT2D eigenvalue weighted by Crippen LogP contribution is 2.45. The van der Waals surface area contributed by atoms with E-state index in [4.69, 9.17) is 4.74 Å². The Balaban J connectivity index is 1.53. The molecule has 25 heavy (non-hydrogen) atoms. The lowest BCUT2D eigenvalue weighted by Crippen LogP contribution is -2.41. The predicted molar refractivity (Wildman–Crippen MR) is 98.8 cm³/mol. The van der Waals surface area contributed by atoms with E-state index in [1.54, 1.807) is 6.20 Å². The first-order valence-electron chi connectivity index (χ1n) is 8.53. The number of fused-ring (bicyclic) bond motifs is 1.